The van der Waals surface area contributed by atoms with Crippen molar-refractivity contribution in [1.82, 2.24) is 10.2 Å². The first-order valence-corrected chi connectivity index (χ1v) is 7.87. The Balaban J connectivity index is 0.000000569. The van der Waals surface area contributed by atoms with E-state index in [9.17, 15) is 5.02 Å². The van der Waals surface area contributed by atoms with Crippen LogP contribution in [0.4, 0.5) is 5.82 Å². The molecule has 0 spiro atoms. The third-order valence-corrected chi connectivity index (χ3v) is 4.48. The molecule has 0 bridgehead atoms. The summed E-state index contributed by atoms with van der Waals surface area (Å²) in [7, 11) is -0.803. The molecule has 7 nitrogen and oxygen atoms in total. The van der Waals surface area contributed by atoms with Crippen molar-refractivity contribution in [1.29, 1.82) is 0 Å². The predicted molar refractivity (Wildman–Crippen MR) is 95.5 cm³/mol. The molecule has 0 saturated carbocycles. The zero-order valence-electron chi connectivity index (χ0n) is 13.7. The molecule has 0 radical (unpaired) electrons. The van der Waals surface area contributed by atoms with Gasteiger partial charge in [-0.3, -0.25) is 4.79 Å². The Hall–Kier alpha value is -2.71. The molecule has 1 aliphatic heterocycles. The number of aromatic nitrogens is 2. The highest BCUT2D eigenvalue weighted by Gasteiger charge is 2.37. The second-order valence-corrected chi connectivity index (χ2v) is 5.93. The summed E-state index contributed by atoms with van der Waals surface area (Å²) in [6.45, 7) is 2.25. The molecule has 2 heterocycles. The first kappa shape index (κ1) is 17.1. The van der Waals surface area contributed by atoms with Crippen molar-refractivity contribution in [3.63, 3.8) is 0 Å². The lowest BCUT2D eigenvalue weighted by Gasteiger charge is -2.18. The molecule has 2 aromatic rings. The monoisotopic (exact) mass is 339 g/mol. The zero-order valence-corrected chi connectivity index (χ0v) is 13.7. The fourth-order valence-electron chi connectivity index (χ4n) is 3.32. The van der Waals surface area contributed by atoms with E-state index in [4.69, 9.17) is 20.3 Å². The van der Waals surface area contributed by atoms with Gasteiger partial charge in [-0.1, -0.05) is 18.2 Å². The Bertz CT molecular complexity index is 882. The fraction of sp³-hybridized carbons (Fsp3) is 0.235. The van der Waals surface area contributed by atoms with Gasteiger partial charge >= 0.3 is 7.12 Å². The number of fused-ring (bicyclic) bond motifs is 2. The topological polar surface area (TPSA) is 119 Å². The second-order valence-electron chi connectivity index (χ2n) is 5.93. The van der Waals surface area contributed by atoms with Crippen LogP contribution in [0.2, 0.25) is 0 Å². The Morgan fingerprint density at radius 1 is 1.36 bits per heavy atom. The number of carbonyl (C=O) groups is 1. The minimum atomic E-state index is -0.803. The zero-order chi connectivity index (χ0) is 18.0. The van der Waals surface area contributed by atoms with Crippen LogP contribution in [0.3, 0.4) is 0 Å². The SMILES string of the molecule is Cc1nnc(N)c2ccc(C3=C4B(O)OCC4CC=C3)cc12.O=CO. The van der Waals surface area contributed by atoms with Gasteiger partial charge in [0.15, 0.2) is 5.82 Å². The van der Waals surface area contributed by atoms with Crippen LogP contribution in [-0.4, -0.2) is 40.5 Å². The van der Waals surface area contributed by atoms with Crippen LogP contribution in [0.5, 0.6) is 0 Å². The molecule has 0 amide bonds. The van der Waals surface area contributed by atoms with Gasteiger partial charge in [-0.2, -0.15) is 5.10 Å². The molecule has 128 valence electrons. The van der Waals surface area contributed by atoms with Gasteiger partial charge in [-0.15, -0.1) is 5.10 Å². The Morgan fingerprint density at radius 2 is 2.12 bits per heavy atom. The van der Waals surface area contributed by atoms with E-state index in [-0.39, 0.29) is 12.4 Å². The van der Waals surface area contributed by atoms with Crippen molar-refractivity contribution in [3.8, 4) is 0 Å². The number of hydrogen-bond acceptors (Lipinski definition) is 6. The second kappa shape index (κ2) is 7.04. The summed E-state index contributed by atoms with van der Waals surface area (Å²) < 4.78 is 5.40. The molecule has 1 aromatic heterocycles. The first-order chi connectivity index (χ1) is 12.1. The number of benzene rings is 1. The van der Waals surface area contributed by atoms with Gasteiger partial charge in [0.1, 0.15) is 0 Å². The molecule has 4 N–H and O–H groups in total. The van der Waals surface area contributed by atoms with Gasteiger partial charge in [0.25, 0.3) is 6.47 Å². The molecule has 1 saturated heterocycles. The predicted octanol–water partition coefficient (Wildman–Crippen LogP) is 1.60. The largest absolute Gasteiger partial charge is 0.487 e. The third kappa shape index (κ3) is 3.13. The summed E-state index contributed by atoms with van der Waals surface area (Å²) in [4.78, 5) is 8.36. The van der Waals surface area contributed by atoms with Crippen LogP contribution in [0, 0.1) is 12.8 Å². The van der Waals surface area contributed by atoms with Gasteiger partial charge in [0.2, 0.25) is 0 Å². The van der Waals surface area contributed by atoms with Gasteiger partial charge in [0, 0.05) is 23.3 Å². The van der Waals surface area contributed by atoms with E-state index in [0.717, 1.165) is 39.5 Å². The lowest BCUT2D eigenvalue weighted by Crippen LogP contribution is -2.17. The maximum absolute atomic E-state index is 10.1. The lowest BCUT2D eigenvalue weighted by atomic mass is 9.68. The molecular weight excluding hydrogens is 321 g/mol. The molecule has 1 atom stereocenters. The van der Waals surface area contributed by atoms with Gasteiger partial charge in [-0.25, -0.2) is 0 Å². The maximum atomic E-state index is 10.1. The molecule has 4 rings (SSSR count). The van der Waals surface area contributed by atoms with Crippen LogP contribution in [0.1, 0.15) is 17.7 Å². The Kier molecular flexibility index (Phi) is 4.82. The van der Waals surface area contributed by atoms with Crippen molar-refractivity contribution >= 4 is 35.8 Å². The molecular formula is C17H18BN3O4. The van der Waals surface area contributed by atoms with E-state index < -0.39 is 7.12 Å². The summed E-state index contributed by atoms with van der Waals surface area (Å²) in [5.41, 5.74) is 9.81. The first-order valence-electron chi connectivity index (χ1n) is 7.87. The van der Waals surface area contributed by atoms with Gasteiger partial charge in [0.05, 0.1) is 5.69 Å². The highest BCUT2D eigenvalue weighted by molar-refractivity contribution is 6.55. The Morgan fingerprint density at radius 3 is 2.88 bits per heavy atom. The van der Waals surface area contributed by atoms with Crippen molar-refractivity contribution in [3.05, 3.63) is 47.1 Å². The van der Waals surface area contributed by atoms with E-state index in [1.165, 1.54) is 0 Å². The van der Waals surface area contributed by atoms with E-state index in [1.807, 2.05) is 19.1 Å². The molecule has 1 fully saturated rings. The highest BCUT2D eigenvalue weighted by atomic mass is 16.5. The average molecular weight is 339 g/mol. The van der Waals surface area contributed by atoms with Crippen LogP contribution >= 0.6 is 0 Å². The number of anilines is 1. The van der Waals surface area contributed by atoms with Crippen molar-refractivity contribution in [2.75, 3.05) is 12.3 Å². The Labute approximate surface area is 145 Å². The highest BCUT2D eigenvalue weighted by Crippen LogP contribution is 2.38. The molecule has 25 heavy (non-hydrogen) atoms. The van der Waals surface area contributed by atoms with Gasteiger partial charge < -0.3 is 20.5 Å². The smallest absolute Gasteiger partial charge is 0.483 e. The van der Waals surface area contributed by atoms with E-state index in [2.05, 4.69) is 28.4 Å². The number of nitrogens with two attached hydrogens (primary N) is 1. The minimum absolute atomic E-state index is 0.250. The van der Waals surface area contributed by atoms with E-state index in [0.29, 0.717) is 12.4 Å². The molecule has 1 aromatic carbocycles. The van der Waals surface area contributed by atoms with Crippen LogP contribution in [-0.2, 0) is 9.45 Å². The lowest BCUT2D eigenvalue weighted by molar-refractivity contribution is -0.122. The van der Waals surface area contributed by atoms with Crippen LogP contribution in [0.15, 0.2) is 35.8 Å². The van der Waals surface area contributed by atoms with Crippen LogP contribution in [0.25, 0.3) is 16.3 Å². The molecule has 1 aliphatic carbocycles. The van der Waals surface area contributed by atoms with Crippen molar-refractivity contribution < 1.29 is 19.6 Å². The number of nitrogen functional groups attached to an aromatic ring is 1. The summed E-state index contributed by atoms with van der Waals surface area (Å²) in [6, 6.07) is 6.05. The van der Waals surface area contributed by atoms with E-state index in [1.54, 1.807) is 0 Å². The summed E-state index contributed by atoms with van der Waals surface area (Å²) >= 11 is 0. The number of rotatable bonds is 1. The minimum Gasteiger partial charge on any atom is -0.483 e. The number of allylic oxidation sites excluding steroid dienone is 3. The molecule has 1 unspecified atom stereocenters. The van der Waals surface area contributed by atoms with E-state index >= 15 is 0 Å². The van der Waals surface area contributed by atoms with Crippen molar-refractivity contribution in [2.45, 2.75) is 13.3 Å². The van der Waals surface area contributed by atoms with Crippen LogP contribution < -0.4 is 5.73 Å². The number of carboxylic acid groups (broad SMARTS) is 1. The quantitative estimate of drug-likeness (QED) is 0.533. The average Bonchev–Trinajstić information content (AvgIpc) is 3.00. The molecule has 8 heteroatoms. The fourth-order valence-corrected chi connectivity index (χ4v) is 3.32. The normalized spacial score (nSPS) is 18.8. The summed E-state index contributed by atoms with van der Waals surface area (Å²) in [6.07, 6.45) is 5.13. The molecule has 2 aliphatic rings. The van der Waals surface area contributed by atoms with Gasteiger partial charge in [-0.05, 0) is 42.1 Å². The standard InChI is InChI=1S/C16H16BN3O2.CH2O2/c1-9-14-7-10(5-6-13(14)16(18)20-19-9)12-4-2-3-11-8-22-17(21)15(11)12;2-1-3/h2,4-7,11,21H,3,8H2,1H3,(H2,18,20);1H,(H,2,3). The number of nitrogens with zero attached hydrogens (tertiary/aromatic N) is 2. The summed E-state index contributed by atoms with van der Waals surface area (Å²) in [5, 5.41) is 26.9. The maximum Gasteiger partial charge on any atom is 0.487 e. The third-order valence-electron chi connectivity index (χ3n) is 4.48. The number of aryl methyl sites for hydroxylation is 1. The van der Waals surface area contributed by atoms with Crippen molar-refractivity contribution in [2.24, 2.45) is 5.92 Å². The summed E-state index contributed by atoms with van der Waals surface area (Å²) in [5.74, 6) is 0.707. The number of hydrogen-bond donors (Lipinski definition) is 3.